The maximum Gasteiger partial charge on any atom is 0.269 e. The number of aromatic nitrogens is 1. The molecular weight excluding hydrogens is 338 g/mol. The van der Waals surface area contributed by atoms with Crippen LogP contribution in [0.3, 0.4) is 0 Å². The van der Waals surface area contributed by atoms with Crippen molar-refractivity contribution in [1.82, 2.24) is 15.2 Å². The summed E-state index contributed by atoms with van der Waals surface area (Å²) in [5, 5.41) is 2.98. The number of nitrogens with zero attached hydrogens (tertiary/aromatic N) is 2. The van der Waals surface area contributed by atoms with Gasteiger partial charge >= 0.3 is 0 Å². The Kier molecular flexibility index (Phi) is 6.06. The van der Waals surface area contributed by atoms with Crippen LogP contribution in [0.25, 0.3) is 0 Å². The van der Waals surface area contributed by atoms with Crippen LogP contribution in [0.2, 0.25) is 0 Å². The molecule has 1 unspecified atom stereocenters. The van der Waals surface area contributed by atoms with Gasteiger partial charge in [-0.1, -0.05) is 6.07 Å². The smallest absolute Gasteiger partial charge is 0.269 e. The number of hydrogen-bond donors (Lipinski definition) is 1. The molecule has 1 aromatic heterocycles. The molecule has 1 aromatic rings. The summed E-state index contributed by atoms with van der Waals surface area (Å²) < 4.78 is 23.0. The zero-order valence-corrected chi connectivity index (χ0v) is 15.4. The van der Waals surface area contributed by atoms with Crippen molar-refractivity contribution in [2.75, 3.05) is 37.7 Å². The van der Waals surface area contributed by atoms with Crippen molar-refractivity contribution in [3.63, 3.8) is 0 Å². The van der Waals surface area contributed by atoms with Gasteiger partial charge in [0.25, 0.3) is 5.91 Å². The Morgan fingerprint density at radius 2 is 2.00 bits per heavy atom. The number of carbonyl (C=O) groups is 1. The molecule has 0 aromatic carbocycles. The van der Waals surface area contributed by atoms with Gasteiger partial charge < -0.3 is 10.2 Å². The standard InChI is InChI=1S/C18H27N3O3S/c22-18(17-3-1-2-8-19-17)20-13-15-4-9-21(10-5-15)11-6-16-7-12-25(23,24)14-16/h1-3,8,15-16H,4-7,9-14H2,(H,20,22). The Labute approximate surface area is 149 Å². The van der Waals surface area contributed by atoms with E-state index in [4.69, 9.17) is 0 Å². The summed E-state index contributed by atoms with van der Waals surface area (Å²) in [6, 6.07) is 5.34. The predicted molar refractivity (Wildman–Crippen MR) is 97.1 cm³/mol. The lowest BCUT2D eigenvalue weighted by molar-refractivity contribution is 0.0930. The summed E-state index contributed by atoms with van der Waals surface area (Å²) in [7, 11) is -2.76. The van der Waals surface area contributed by atoms with Crippen LogP contribution in [0, 0.1) is 11.8 Å². The Bertz CT molecular complexity index is 670. The Hall–Kier alpha value is -1.47. The summed E-state index contributed by atoms with van der Waals surface area (Å²) in [5.41, 5.74) is 0.464. The first-order valence-corrected chi connectivity index (χ1v) is 11.0. The zero-order chi connectivity index (χ0) is 17.7. The average molecular weight is 365 g/mol. The number of sulfone groups is 1. The fourth-order valence-electron chi connectivity index (χ4n) is 3.70. The molecule has 1 N–H and O–H groups in total. The molecule has 0 radical (unpaired) electrons. The van der Waals surface area contributed by atoms with Crippen LogP contribution in [0.15, 0.2) is 24.4 Å². The highest BCUT2D eigenvalue weighted by Gasteiger charge is 2.28. The number of rotatable bonds is 6. The molecule has 3 heterocycles. The molecule has 2 aliphatic rings. The summed E-state index contributed by atoms with van der Waals surface area (Å²) in [6.45, 7) is 3.75. The van der Waals surface area contributed by atoms with E-state index in [2.05, 4.69) is 15.2 Å². The monoisotopic (exact) mass is 365 g/mol. The highest BCUT2D eigenvalue weighted by atomic mass is 32.2. The van der Waals surface area contributed by atoms with Crippen LogP contribution in [0.1, 0.15) is 36.2 Å². The molecule has 0 spiro atoms. The molecule has 2 fully saturated rings. The summed E-state index contributed by atoms with van der Waals surface area (Å²) in [5.74, 6) is 1.50. The minimum atomic E-state index is -2.76. The molecule has 1 amide bonds. The third-order valence-corrected chi connectivity index (χ3v) is 7.17. The lowest BCUT2D eigenvalue weighted by atomic mass is 9.96. The van der Waals surface area contributed by atoms with Crippen LogP contribution < -0.4 is 5.32 Å². The zero-order valence-electron chi connectivity index (χ0n) is 14.6. The third-order valence-electron chi connectivity index (χ3n) is 5.34. The van der Waals surface area contributed by atoms with Crippen molar-refractivity contribution >= 4 is 15.7 Å². The number of carbonyl (C=O) groups excluding carboxylic acids is 1. The SMILES string of the molecule is O=C(NCC1CCN(CCC2CCS(=O)(=O)C2)CC1)c1ccccn1. The van der Waals surface area contributed by atoms with E-state index in [1.165, 1.54) is 0 Å². The lowest BCUT2D eigenvalue weighted by Gasteiger charge is -2.32. The third kappa shape index (κ3) is 5.51. The van der Waals surface area contributed by atoms with Gasteiger partial charge in [-0.2, -0.15) is 0 Å². The van der Waals surface area contributed by atoms with Crippen LogP contribution in [-0.2, 0) is 9.84 Å². The van der Waals surface area contributed by atoms with Crippen molar-refractivity contribution in [2.45, 2.75) is 25.7 Å². The highest BCUT2D eigenvalue weighted by molar-refractivity contribution is 7.91. The average Bonchev–Trinajstić information content (AvgIpc) is 2.98. The number of likely N-dealkylation sites (tertiary alicyclic amines) is 1. The van der Waals surface area contributed by atoms with E-state index in [9.17, 15) is 13.2 Å². The largest absolute Gasteiger partial charge is 0.350 e. The van der Waals surface area contributed by atoms with Gasteiger partial charge in [-0.25, -0.2) is 8.42 Å². The minimum absolute atomic E-state index is 0.106. The molecule has 0 aliphatic carbocycles. The van der Waals surface area contributed by atoms with Gasteiger partial charge in [0.15, 0.2) is 9.84 Å². The molecule has 7 heteroatoms. The van der Waals surface area contributed by atoms with Crippen molar-refractivity contribution in [2.24, 2.45) is 11.8 Å². The number of amides is 1. The second-order valence-corrected chi connectivity index (χ2v) is 9.50. The summed E-state index contributed by atoms with van der Waals surface area (Å²) >= 11 is 0. The molecule has 2 aliphatic heterocycles. The molecular formula is C18H27N3O3S. The van der Waals surface area contributed by atoms with Crippen molar-refractivity contribution in [3.8, 4) is 0 Å². The van der Waals surface area contributed by atoms with Gasteiger partial charge in [-0.05, 0) is 69.3 Å². The van der Waals surface area contributed by atoms with E-state index in [0.717, 1.165) is 45.3 Å². The number of nitrogens with one attached hydrogen (secondary N) is 1. The van der Waals surface area contributed by atoms with E-state index in [0.29, 0.717) is 35.6 Å². The normalized spacial score (nSPS) is 24.2. The molecule has 0 bridgehead atoms. The van der Waals surface area contributed by atoms with Crippen molar-refractivity contribution in [1.29, 1.82) is 0 Å². The first kappa shape index (κ1) is 18.3. The van der Waals surface area contributed by atoms with E-state index in [1.807, 2.05) is 6.07 Å². The van der Waals surface area contributed by atoms with Gasteiger partial charge in [0.2, 0.25) is 0 Å². The van der Waals surface area contributed by atoms with Gasteiger partial charge in [-0.3, -0.25) is 9.78 Å². The fourth-order valence-corrected chi connectivity index (χ4v) is 5.61. The van der Waals surface area contributed by atoms with Crippen molar-refractivity contribution in [3.05, 3.63) is 30.1 Å². The van der Waals surface area contributed by atoms with E-state index >= 15 is 0 Å². The van der Waals surface area contributed by atoms with Crippen LogP contribution in [-0.4, -0.2) is 61.9 Å². The lowest BCUT2D eigenvalue weighted by Crippen LogP contribution is -2.39. The second kappa shape index (κ2) is 8.27. The van der Waals surface area contributed by atoms with Crippen LogP contribution >= 0.6 is 0 Å². The predicted octanol–water partition coefficient (Wildman–Crippen LogP) is 1.35. The summed E-state index contributed by atoms with van der Waals surface area (Å²) in [4.78, 5) is 18.5. The Morgan fingerprint density at radius 1 is 1.20 bits per heavy atom. The quantitative estimate of drug-likeness (QED) is 0.823. The van der Waals surface area contributed by atoms with Gasteiger partial charge in [0.1, 0.15) is 5.69 Å². The fraction of sp³-hybridized carbons (Fsp3) is 0.667. The van der Waals surface area contributed by atoms with Crippen LogP contribution in [0.4, 0.5) is 0 Å². The highest BCUT2D eigenvalue weighted by Crippen LogP contribution is 2.23. The minimum Gasteiger partial charge on any atom is -0.350 e. The summed E-state index contributed by atoms with van der Waals surface area (Å²) in [6.07, 6.45) is 5.60. The van der Waals surface area contributed by atoms with Gasteiger partial charge in [0, 0.05) is 12.7 Å². The maximum absolute atomic E-state index is 12.0. The number of piperidine rings is 1. The second-order valence-electron chi connectivity index (χ2n) is 7.27. The molecule has 0 saturated carbocycles. The van der Waals surface area contributed by atoms with E-state index in [-0.39, 0.29) is 5.91 Å². The molecule has 6 nitrogen and oxygen atoms in total. The molecule has 2 saturated heterocycles. The number of pyridine rings is 1. The number of hydrogen-bond acceptors (Lipinski definition) is 5. The van der Waals surface area contributed by atoms with Crippen molar-refractivity contribution < 1.29 is 13.2 Å². The molecule has 25 heavy (non-hydrogen) atoms. The molecule has 3 rings (SSSR count). The van der Waals surface area contributed by atoms with E-state index < -0.39 is 9.84 Å². The maximum atomic E-state index is 12.0. The first-order chi connectivity index (χ1) is 12.0. The van der Waals surface area contributed by atoms with Crippen LogP contribution in [0.5, 0.6) is 0 Å². The van der Waals surface area contributed by atoms with Gasteiger partial charge in [0.05, 0.1) is 11.5 Å². The Balaban J connectivity index is 1.33. The van der Waals surface area contributed by atoms with E-state index in [1.54, 1.807) is 18.3 Å². The molecule has 138 valence electrons. The van der Waals surface area contributed by atoms with Gasteiger partial charge in [-0.15, -0.1) is 0 Å². The molecule has 1 atom stereocenters. The first-order valence-electron chi connectivity index (χ1n) is 9.14. The Morgan fingerprint density at radius 3 is 2.64 bits per heavy atom. The topological polar surface area (TPSA) is 79.4 Å².